The van der Waals surface area contributed by atoms with Crippen LogP contribution in [0.3, 0.4) is 0 Å². The molecule has 0 aromatic carbocycles. The van der Waals surface area contributed by atoms with Crippen LogP contribution in [0, 0.1) is 6.92 Å². The fourth-order valence-corrected chi connectivity index (χ4v) is 3.34. The molecule has 0 bridgehead atoms. The van der Waals surface area contributed by atoms with Crippen LogP contribution in [0.4, 0.5) is 11.5 Å². The molecular formula is C14H17N5O. The van der Waals surface area contributed by atoms with Crippen LogP contribution in [0.1, 0.15) is 11.5 Å². The monoisotopic (exact) mass is 271 g/mol. The maximum absolute atomic E-state index is 6.11. The van der Waals surface area contributed by atoms with Crippen LogP contribution >= 0.6 is 0 Å². The largest absolute Gasteiger partial charge is 0.382 e. The zero-order chi connectivity index (χ0) is 14.1. The molecule has 0 saturated carbocycles. The lowest BCUT2D eigenvalue weighted by Gasteiger charge is -2.52. The number of nitrogens with zero attached hydrogens (tertiary/aromatic N) is 4. The first-order valence-corrected chi connectivity index (χ1v) is 6.66. The van der Waals surface area contributed by atoms with Gasteiger partial charge in [0.2, 0.25) is 0 Å². The minimum absolute atomic E-state index is 0.171. The highest BCUT2D eigenvalue weighted by Gasteiger charge is 2.52. The van der Waals surface area contributed by atoms with Crippen molar-refractivity contribution in [2.75, 3.05) is 30.9 Å². The van der Waals surface area contributed by atoms with Gasteiger partial charge in [-0.15, -0.1) is 0 Å². The number of nitrogens with two attached hydrogens (primary N) is 1. The third-order valence-corrected chi connectivity index (χ3v) is 4.63. The molecule has 2 aliphatic rings. The molecule has 1 spiro atoms. The van der Waals surface area contributed by atoms with E-state index in [-0.39, 0.29) is 5.54 Å². The standard InChI is InChI=1S/C14H17N5O/c1-8-17-10-9-4-5-16-13(15)11(9)19(3)14(6-20-7-14)12(10)18(8)2/h4-5H,6-7H2,1-3H3,(H2,15,16). The zero-order valence-electron chi connectivity index (χ0n) is 11.8. The molecule has 4 rings (SSSR count). The lowest BCUT2D eigenvalue weighted by atomic mass is 9.83. The van der Waals surface area contributed by atoms with Crippen molar-refractivity contribution in [1.29, 1.82) is 0 Å². The lowest BCUT2D eigenvalue weighted by molar-refractivity contribution is -0.0628. The molecular weight excluding hydrogens is 254 g/mol. The van der Waals surface area contributed by atoms with Crippen molar-refractivity contribution in [3.05, 3.63) is 23.8 Å². The van der Waals surface area contributed by atoms with E-state index in [1.807, 2.05) is 13.0 Å². The average molecular weight is 271 g/mol. The van der Waals surface area contributed by atoms with Gasteiger partial charge in [-0.05, 0) is 13.0 Å². The summed E-state index contributed by atoms with van der Waals surface area (Å²) in [6, 6.07) is 1.99. The number of imidazole rings is 1. The molecule has 20 heavy (non-hydrogen) atoms. The minimum Gasteiger partial charge on any atom is -0.382 e. The van der Waals surface area contributed by atoms with Crippen LogP contribution in [0.5, 0.6) is 0 Å². The Balaban J connectivity index is 2.11. The maximum Gasteiger partial charge on any atom is 0.147 e. The molecule has 0 atom stereocenters. The first-order chi connectivity index (χ1) is 9.56. The molecule has 1 saturated heterocycles. The van der Waals surface area contributed by atoms with Crippen molar-refractivity contribution in [2.45, 2.75) is 12.5 Å². The molecule has 1 fully saturated rings. The molecule has 0 amide bonds. The summed E-state index contributed by atoms with van der Waals surface area (Å²) >= 11 is 0. The highest BCUT2D eigenvalue weighted by molar-refractivity contribution is 5.89. The van der Waals surface area contributed by atoms with Crippen LogP contribution in [0.15, 0.2) is 12.3 Å². The predicted octanol–water partition coefficient (Wildman–Crippen LogP) is 1.05. The molecule has 2 aliphatic heterocycles. The molecule has 2 aromatic heterocycles. The van der Waals surface area contributed by atoms with E-state index in [2.05, 4.69) is 28.5 Å². The van der Waals surface area contributed by atoms with Crippen LogP contribution in [-0.4, -0.2) is 34.8 Å². The summed E-state index contributed by atoms with van der Waals surface area (Å²) in [6.07, 6.45) is 1.74. The molecule has 6 heteroatoms. The van der Waals surface area contributed by atoms with Gasteiger partial charge in [0, 0.05) is 25.9 Å². The highest BCUT2D eigenvalue weighted by Crippen LogP contribution is 2.51. The Bertz CT molecular complexity index is 717. The highest BCUT2D eigenvalue weighted by atomic mass is 16.5. The van der Waals surface area contributed by atoms with Gasteiger partial charge < -0.3 is 19.9 Å². The van der Waals surface area contributed by atoms with Gasteiger partial charge in [0.15, 0.2) is 0 Å². The number of nitrogen functional groups attached to an aromatic ring is 1. The number of aromatic nitrogens is 3. The third-order valence-electron chi connectivity index (χ3n) is 4.63. The fraction of sp³-hybridized carbons (Fsp3) is 0.429. The second-order valence-corrected chi connectivity index (χ2v) is 5.59. The summed E-state index contributed by atoms with van der Waals surface area (Å²) in [4.78, 5) is 11.2. The molecule has 0 aliphatic carbocycles. The van der Waals surface area contributed by atoms with E-state index < -0.39 is 0 Å². The van der Waals surface area contributed by atoms with Crippen molar-refractivity contribution in [3.8, 4) is 11.3 Å². The minimum atomic E-state index is -0.171. The Morgan fingerprint density at radius 1 is 1.35 bits per heavy atom. The molecule has 2 aromatic rings. The smallest absolute Gasteiger partial charge is 0.147 e. The molecule has 0 radical (unpaired) electrons. The van der Waals surface area contributed by atoms with E-state index in [1.165, 1.54) is 5.69 Å². The summed E-state index contributed by atoms with van der Waals surface area (Å²) in [5.41, 5.74) is 10.2. The summed E-state index contributed by atoms with van der Waals surface area (Å²) in [5, 5.41) is 0. The third kappa shape index (κ3) is 1.13. The van der Waals surface area contributed by atoms with Crippen molar-refractivity contribution in [1.82, 2.24) is 14.5 Å². The van der Waals surface area contributed by atoms with Gasteiger partial charge in [0.1, 0.15) is 17.2 Å². The molecule has 2 N–H and O–H groups in total. The normalized spacial score (nSPS) is 18.6. The summed E-state index contributed by atoms with van der Waals surface area (Å²) in [5.74, 6) is 1.54. The Kier molecular flexibility index (Phi) is 2.06. The number of pyridine rings is 1. The van der Waals surface area contributed by atoms with Gasteiger partial charge in [0.05, 0.1) is 30.3 Å². The Hall–Kier alpha value is -2.08. The molecule has 4 heterocycles. The van der Waals surface area contributed by atoms with Gasteiger partial charge in [0.25, 0.3) is 0 Å². The Morgan fingerprint density at radius 2 is 2.10 bits per heavy atom. The van der Waals surface area contributed by atoms with E-state index in [0.29, 0.717) is 19.0 Å². The van der Waals surface area contributed by atoms with Crippen LogP contribution in [0.2, 0.25) is 0 Å². The number of hydrogen-bond donors (Lipinski definition) is 1. The van der Waals surface area contributed by atoms with Gasteiger partial charge in [-0.25, -0.2) is 9.97 Å². The topological polar surface area (TPSA) is 69.2 Å². The van der Waals surface area contributed by atoms with Crippen molar-refractivity contribution in [2.24, 2.45) is 7.05 Å². The lowest BCUT2D eigenvalue weighted by Crippen LogP contribution is -2.61. The number of ether oxygens (including phenoxy) is 1. The number of fused-ring (bicyclic) bond motifs is 4. The van der Waals surface area contributed by atoms with Gasteiger partial charge >= 0.3 is 0 Å². The first-order valence-electron chi connectivity index (χ1n) is 6.66. The number of hydrogen-bond acceptors (Lipinski definition) is 5. The molecule has 6 nitrogen and oxygen atoms in total. The predicted molar refractivity (Wildman–Crippen MR) is 76.5 cm³/mol. The SMILES string of the molecule is Cc1nc2c(n1C)C1(COC1)N(C)c1c-2ccnc1N. The van der Waals surface area contributed by atoms with Crippen molar-refractivity contribution in [3.63, 3.8) is 0 Å². The van der Waals surface area contributed by atoms with Crippen LogP contribution in [-0.2, 0) is 17.3 Å². The zero-order valence-corrected chi connectivity index (χ0v) is 11.8. The van der Waals surface area contributed by atoms with Gasteiger partial charge in [-0.1, -0.05) is 0 Å². The van der Waals surface area contributed by atoms with Crippen LogP contribution < -0.4 is 10.6 Å². The van der Waals surface area contributed by atoms with Crippen molar-refractivity contribution >= 4 is 11.5 Å². The summed E-state index contributed by atoms with van der Waals surface area (Å²) in [7, 11) is 4.12. The van der Waals surface area contributed by atoms with E-state index in [0.717, 1.165) is 22.8 Å². The number of rotatable bonds is 0. The number of aryl methyl sites for hydroxylation is 1. The van der Waals surface area contributed by atoms with Gasteiger partial charge in [-0.2, -0.15) is 0 Å². The first kappa shape index (κ1) is 11.7. The quantitative estimate of drug-likeness (QED) is 0.775. The summed E-state index contributed by atoms with van der Waals surface area (Å²) in [6.45, 7) is 3.34. The average Bonchev–Trinajstić information content (AvgIpc) is 2.66. The van der Waals surface area contributed by atoms with E-state index in [9.17, 15) is 0 Å². The number of anilines is 2. The second-order valence-electron chi connectivity index (χ2n) is 5.59. The van der Waals surface area contributed by atoms with Crippen molar-refractivity contribution < 1.29 is 4.74 Å². The van der Waals surface area contributed by atoms with E-state index in [1.54, 1.807) is 6.20 Å². The number of likely N-dealkylation sites (N-methyl/N-ethyl adjacent to an activating group) is 1. The Labute approximate surface area is 117 Å². The maximum atomic E-state index is 6.11. The molecule has 104 valence electrons. The second kappa shape index (κ2) is 3.52. The Morgan fingerprint density at radius 3 is 2.75 bits per heavy atom. The van der Waals surface area contributed by atoms with Gasteiger partial charge in [-0.3, -0.25) is 0 Å². The summed E-state index contributed by atoms with van der Waals surface area (Å²) < 4.78 is 7.68. The van der Waals surface area contributed by atoms with E-state index >= 15 is 0 Å². The van der Waals surface area contributed by atoms with Crippen LogP contribution in [0.25, 0.3) is 11.3 Å². The van der Waals surface area contributed by atoms with E-state index in [4.69, 9.17) is 15.5 Å². The fourth-order valence-electron chi connectivity index (χ4n) is 3.34. The molecule has 0 unspecified atom stereocenters.